The first kappa shape index (κ1) is 21.6. The third-order valence-corrected chi connectivity index (χ3v) is 7.26. The van der Waals surface area contributed by atoms with Gasteiger partial charge in [-0.15, -0.1) is 0 Å². The average molecular weight is 429 g/mol. The lowest BCUT2D eigenvalue weighted by Gasteiger charge is -2.26. The Morgan fingerprint density at radius 1 is 1.10 bits per heavy atom. The van der Waals surface area contributed by atoms with Crippen LogP contribution in [0.4, 0.5) is 5.69 Å². The average Bonchev–Trinajstić information content (AvgIpc) is 3.49. The molecule has 8 heteroatoms. The number of carboxylic acids is 1. The Bertz CT molecular complexity index is 924. The lowest BCUT2D eigenvalue weighted by atomic mass is 9.78. The van der Waals surface area contributed by atoms with Crippen molar-refractivity contribution in [3.8, 4) is 0 Å². The predicted molar refractivity (Wildman–Crippen MR) is 115 cm³/mol. The molecule has 0 radical (unpaired) electrons. The summed E-state index contributed by atoms with van der Waals surface area (Å²) in [4.78, 5) is 38.3. The zero-order valence-corrected chi connectivity index (χ0v) is 18.5. The largest absolute Gasteiger partial charge is 0.481 e. The molecule has 4 atom stereocenters. The van der Waals surface area contributed by atoms with Crippen LogP contribution in [0.2, 0.25) is 0 Å². The minimum Gasteiger partial charge on any atom is -0.481 e. The highest BCUT2D eigenvalue weighted by Gasteiger charge is 2.57. The summed E-state index contributed by atoms with van der Waals surface area (Å²) in [5.41, 5.74) is 2.80. The van der Waals surface area contributed by atoms with Crippen LogP contribution < -0.4 is 10.6 Å². The Morgan fingerprint density at radius 2 is 1.74 bits per heavy atom. The van der Waals surface area contributed by atoms with Gasteiger partial charge in [0.25, 0.3) is 5.91 Å². The fourth-order valence-electron chi connectivity index (χ4n) is 5.99. The predicted octanol–water partition coefficient (Wildman–Crippen LogP) is 3.21. The summed E-state index contributed by atoms with van der Waals surface area (Å²) < 4.78 is 1.62. The first-order valence-electron chi connectivity index (χ1n) is 11.4. The second-order valence-electron chi connectivity index (χ2n) is 9.33. The number of carboxylic acid groups (broad SMARTS) is 1. The van der Waals surface area contributed by atoms with Gasteiger partial charge in [-0.1, -0.05) is 24.0 Å². The number of carbonyl (C=O) groups excluding carboxylic acids is 2. The Balaban J connectivity index is 1.58. The van der Waals surface area contributed by atoms with Gasteiger partial charge in [-0.05, 0) is 58.3 Å². The molecule has 0 aromatic carbocycles. The summed E-state index contributed by atoms with van der Waals surface area (Å²) in [5, 5.41) is 20.1. The summed E-state index contributed by atoms with van der Waals surface area (Å²) >= 11 is 0. The summed E-state index contributed by atoms with van der Waals surface area (Å²) in [6.07, 6.45) is 7.42. The maximum Gasteiger partial charge on any atom is 0.307 e. The molecule has 3 N–H and O–H groups in total. The van der Waals surface area contributed by atoms with Crippen LogP contribution in [0.5, 0.6) is 0 Å². The summed E-state index contributed by atoms with van der Waals surface area (Å²) in [6, 6.07) is 0.144. The molecule has 1 heterocycles. The molecule has 0 aliphatic heterocycles. The van der Waals surface area contributed by atoms with Crippen molar-refractivity contribution in [1.82, 2.24) is 15.1 Å². The number of aliphatic carboxylic acids is 1. The standard InChI is InChI=1S/C23H32N4O4/c1-4-27-11-16(20(26-27)22(29)24-13-7-5-6-8-13)25-21(28)18-14-9-10-15(17(14)12(2)3)19(18)23(30)31/h11,13-15,18-19H,4-10H2,1-3H3,(H,24,29)(H,25,28)(H,30,31)/t14-,15+,18+,19+/m1/s1. The summed E-state index contributed by atoms with van der Waals surface area (Å²) in [5.74, 6) is -3.02. The van der Waals surface area contributed by atoms with Gasteiger partial charge in [0.05, 0.1) is 17.5 Å². The molecule has 4 rings (SSSR count). The molecule has 3 fully saturated rings. The van der Waals surface area contributed by atoms with Gasteiger partial charge < -0.3 is 15.7 Å². The van der Waals surface area contributed by atoms with Crippen molar-refractivity contribution in [1.29, 1.82) is 0 Å². The van der Waals surface area contributed by atoms with Crippen LogP contribution >= 0.6 is 0 Å². The van der Waals surface area contributed by atoms with Gasteiger partial charge in [0.15, 0.2) is 5.69 Å². The van der Waals surface area contributed by atoms with E-state index in [9.17, 15) is 19.5 Å². The van der Waals surface area contributed by atoms with Gasteiger partial charge in [-0.2, -0.15) is 5.10 Å². The van der Waals surface area contributed by atoms with E-state index in [2.05, 4.69) is 15.7 Å². The Hall–Kier alpha value is -2.64. The van der Waals surface area contributed by atoms with Crippen LogP contribution in [0.25, 0.3) is 0 Å². The van der Waals surface area contributed by atoms with E-state index in [0.29, 0.717) is 12.2 Å². The number of nitrogens with zero attached hydrogens (tertiary/aromatic N) is 2. The van der Waals surface area contributed by atoms with E-state index >= 15 is 0 Å². The second kappa shape index (κ2) is 8.48. The Morgan fingerprint density at radius 3 is 2.32 bits per heavy atom. The molecule has 2 amide bonds. The highest BCUT2D eigenvalue weighted by molar-refractivity contribution is 6.04. The van der Waals surface area contributed by atoms with E-state index in [0.717, 1.165) is 49.7 Å². The molecule has 0 unspecified atom stereocenters. The topological polar surface area (TPSA) is 113 Å². The smallest absolute Gasteiger partial charge is 0.307 e. The highest BCUT2D eigenvalue weighted by Crippen LogP contribution is 2.57. The molecule has 2 bridgehead atoms. The van der Waals surface area contributed by atoms with Crippen molar-refractivity contribution < 1.29 is 19.5 Å². The van der Waals surface area contributed by atoms with E-state index < -0.39 is 17.8 Å². The lowest BCUT2D eigenvalue weighted by molar-refractivity contribution is -0.148. The zero-order chi connectivity index (χ0) is 22.3. The number of nitrogens with one attached hydrogen (secondary N) is 2. The van der Waals surface area contributed by atoms with Crippen molar-refractivity contribution in [2.45, 2.75) is 71.9 Å². The summed E-state index contributed by atoms with van der Waals surface area (Å²) in [7, 11) is 0. The van der Waals surface area contributed by atoms with Crippen LogP contribution in [-0.2, 0) is 16.1 Å². The maximum atomic E-state index is 13.3. The molecular formula is C23H32N4O4. The Kier molecular flexibility index (Phi) is 5.90. The van der Waals surface area contributed by atoms with Crippen molar-refractivity contribution >= 4 is 23.5 Å². The number of carbonyl (C=O) groups is 3. The van der Waals surface area contributed by atoms with Gasteiger partial charge in [0.1, 0.15) is 0 Å². The van der Waals surface area contributed by atoms with Gasteiger partial charge >= 0.3 is 5.97 Å². The fraction of sp³-hybridized carbons (Fsp3) is 0.652. The Labute approximate surface area is 182 Å². The number of rotatable bonds is 6. The first-order valence-corrected chi connectivity index (χ1v) is 11.4. The molecular weight excluding hydrogens is 396 g/mol. The molecule has 168 valence electrons. The number of aromatic nitrogens is 2. The first-order chi connectivity index (χ1) is 14.8. The number of fused-ring (bicyclic) bond motifs is 2. The molecule has 3 saturated carbocycles. The van der Waals surface area contributed by atoms with E-state index in [1.54, 1.807) is 10.9 Å². The monoisotopic (exact) mass is 428 g/mol. The quantitative estimate of drug-likeness (QED) is 0.602. The van der Waals surface area contributed by atoms with Crippen LogP contribution in [0.1, 0.15) is 69.8 Å². The number of amides is 2. The molecule has 0 spiro atoms. The maximum absolute atomic E-state index is 13.3. The third-order valence-electron chi connectivity index (χ3n) is 7.26. The molecule has 8 nitrogen and oxygen atoms in total. The molecule has 1 aromatic rings. The number of hydrogen-bond donors (Lipinski definition) is 3. The van der Waals surface area contributed by atoms with Gasteiger partial charge in [-0.25, -0.2) is 0 Å². The van der Waals surface area contributed by atoms with E-state index in [1.807, 2.05) is 20.8 Å². The lowest BCUT2D eigenvalue weighted by Crippen LogP contribution is -2.38. The van der Waals surface area contributed by atoms with E-state index in [-0.39, 0.29) is 35.4 Å². The van der Waals surface area contributed by atoms with Crippen LogP contribution in [0, 0.1) is 23.7 Å². The zero-order valence-electron chi connectivity index (χ0n) is 18.5. The van der Waals surface area contributed by atoms with Gasteiger partial charge in [0.2, 0.25) is 5.91 Å². The van der Waals surface area contributed by atoms with Gasteiger partial charge in [-0.3, -0.25) is 19.1 Å². The second-order valence-corrected chi connectivity index (χ2v) is 9.33. The molecule has 31 heavy (non-hydrogen) atoms. The van der Waals surface area contributed by atoms with Crippen molar-refractivity contribution in [2.75, 3.05) is 5.32 Å². The number of aryl methyl sites for hydroxylation is 1. The highest BCUT2D eigenvalue weighted by atomic mass is 16.4. The van der Waals surface area contributed by atoms with Crippen LogP contribution in [-0.4, -0.2) is 38.7 Å². The fourth-order valence-corrected chi connectivity index (χ4v) is 5.99. The SMILES string of the molecule is CCn1cc(NC(=O)[C@@H]2[C@@H](C(=O)O)[C@H]3CC[C@@H]2C3=C(C)C)c(C(=O)NC2CCCC2)n1. The molecule has 3 aliphatic rings. The van der Waals surface area contributed by atoms with E-state index in [1.165, 1.54) is 0 Å². The molecule has 1 aromatic heterocycles. The number of anilines is 1. The van der Waals surface area contributed by atoms with Gasteiger partial charge in [0, 0.05) is 18.8 Å². The molecule has 3 aliphatic carbocycles. The molecule has 0 saturated heterocycles. The van der Waals surface area contributed by atoms with Crippen LogP contribution in [0.3, 0.4) is 0 Å². The minimum atomic E-state index is -0.922. The minimum absolute atomic E-state index is 0.0481. The van der Waals surface area contributed by atoms with Crippen LogP contribution in [0.15, 0.2) is 17.3 Å². The third kappa shape index (κ3) is 3.88. The van der Waals surface area contributed by atoms with Crippen molar-refractivity contribution in [2.24, 2.45) is 23.7 Å². The van der Waals surface area contributed by atoms with E-state index in [4.69, 9.17) is 0 Å². The number of hydrogen-bond acceptors (Lipinski definition) is 4. The van der Waals surface area contributed by atoms with Crippen molar-refractivity contribution in [3.63, 3.8) is 0 Å². The number of allylic oxidation sites excluding steroid dienone is 2. The summed E-state index contributed by atoms with van der Waals surface area (Å²) in [6.45, 7) is 6.47. The van der Waals surface area contributed by atoms with Crippen molar-refractivity contribution in [3.05, 3.63) is 23.0 Å². The normalized spacial score (nSPS) is 27.5.